The van der Waals surface area contributed by atoms with E-state index in [1.54, 1.807) is 18.2 Å². The second kappa shape index (κ2) is 13.7. The number of likely N-dealkylation sites (N-methyl/N-ethyl adjacent to an activating group) is 1. The summed E-state index contributed by atoms with van der Waals surface area (Å²) in [7, 11) is 3.71. The highest BCUT2D eigenvalue weighted by Crippen LogP contribution is 2.40. The average Bonchev–Trinajstić information content (AvgIpc) is 3.52. The Labute approximate surface area is 258 Å². The summed E-state index contributed by atoms with van der Waals surface area (Å²) in [5.41, 5.74) is 3.69. The Kier molecular flexibility index (Phi) is 9.61. The summed E-state index contributed by atoms with van der Waals surface area (Å²) in [4.78, 5) is 44.5. The van der Waals surface area contributed by atoms with Crippen molar-refractivity contribution in [1.29, 1.82) is 0 Å². The fraction of sp³-hybridized carbons (Fsp3) is 0.375. The third-order valence-corrected chi connectivity index (χ3v) is 7.60. The number of nitrogens with one attached hydrogen (secondary N) is 3. The van der Waals surface area contributed by atoms with Crippen molar-refractivity contribution in [3.8, 4) is 5.75 Å². The van der Waals surface area contributed by atoms with Crippen molar-refractivity contribution in [3.05, 3.63) is 72.6 Å². The first-order chi connectivity index (χ1) is 21.2. The molecule has 1 aromatic heterocycles. The van der Waals surface area contributed by atoms with Crippen molar-refractivity contribution in [3.63, 3.8) is 0 Å². The number of aromatic nitrogens is 2. The molecule has 0 unspecified atom stereocenters. The number of hydrogen-bond acceptors (Lipinski definition) is 10. The van der Waals surface area contributed by atoms with Gasteiger partial charge in [-0.25, -0.2) is 15.0 Å². The van der Waals surface area contributed by atoms with E-state index in [0.29, 0.717) is 40.9 Å². The van der Waals surface area contributed by atoms with Gasteiger partial charge in [-0.15, -0.1) is 0 Å². The third kappa shape index (κ3) is 7.09. The maximum atomic E-state index is 12.6. The number of hydrogen-bond donors (Lipinski definition) is 3. The van der Waals surface area contributed by atoms with Crippen LogP contribution in [-0.4, -0.2) is 79.7 Å². The van der Waals surface area contributed by atoms with Gasteiger partial charge >= 0.3 is 0 Å². The number of methoxy groups -OCH3 is 1. The number of rotatable bonds is 10. The summed E-state index contributed by atoms with van der Waals surface area (Å²) in [6.45, 7) is 11.5. The summed E-state index contributed by atoms with van der Waals surface area (Å²) >= 11 is 0. The van der Waals surface area contributed by atoms with Crippen LogP contribution in [0.25, 0.3) is 0 Å². The predicted molar refractivity (Wildman–Crippen MR) is 172 cm³/mol. The Morgan fingerprint density at radius 3 is 2.61 bits per heavy atom. The molecule has 3 heterocycles. The Hall–Kier alpha value is -4.68. The zero-order valence-electron chi connectivity index (χ0n) is 25.7. The normalized spacial score (nSPS) is 17.0. The van der Waals surface area contributed by atoms with Crippen LogP contribution < -0.4 is 30.7 Å². The van der Waals surface area contributed by atoms with Crippen LogP contribution in [0.15, 0.2) is 61.4 Å². The lowest BCUT2D eigenvalue weighted by molar-refractivity contribution is -0.111. The van der Waals surface area contributed by atoms with E-state index in [4.69, 9.17) is 9.57 Å². The van der Waals surface area contributed by atoms with Gasteiger partial charge in [0, 0.05) is 56.3 Å². The molecule has 12 heteroatoms. The maximum Gasteiger partial charge on any atom is 0.251 e. The second-order valence-electron chi connectivity index (χ2n) is 11.2. The van der Waals surface area contributed by atoms with E-state index in [9.17, 15) is 9.59 Å². The van der Waals surface area contributed by atoms with Crippen LogP contribution in [0.2, 0.25) is 0 Å². The minimum absolute atomic E-state index is 0.0420. The number of carbonyl (C=O) groups is 2. The Bertz CT molecular complexity index is 1510. The van der Waals surface area contributed by atoms with Crippen molar-refractivity contribution in [2.24, 2.45) is 0 Å². The van der Waals surface area contributed by atoms with E-state index in [1.807, 2.05) is 50.2 Å². The molecule has 2 amide bonds. The molecule has 2 saturated heterocycles. The van der Waals surface area contributed by atoms with Crippen molar-refractivity contribution in [2.45, 2.75) is 32.4 Å². The Morgan fingerprint density at radius 1 is 1.09 bits per heavy atom. The second-order valence-corrected chi connectivity index (χ2v) is 11.2. The van der Waals surface area contributed by atoms with Gasteiger partial charge in [0.1, 0.15) is 17.9 Å². The minimum Gasteiger partial charge on any atom is -0.494 e. The summed E-state index contributed by atoms with van der Waals surface area (Å²) < 4.78 is 5.77. The fourth-order valence-corrected chi connectivity index (χ4v) is 5.33. The molecule has 232 valence electrons. The van der Waals surface area contributed by atoms with Gasteiger partial charge in [0.05, 0.1) is 36.8 Å². The van der Waals surface area contributed by atoms with E-state index in [-0.39, 0.29) is 23.9 Å². The molecule has 5 rings (SSSR count). The standard InChI is InChI=1S/C32H40N8O4/c1-6-31(41)37-24-17-25(28(43-5)18-27(24)39-13-11-38(4)12-14-39)36-29-19-30(34-20-33-29)40-26(10-15-44-40)22-8-7-9-23(16-22)32(42)35-21(2)3/h6-9,16-21,26H,1,10-15H2,2-5H3,(H,35,42)(H,37,41)(H,33,34,36)/t26-/m1/s1. The first-order valence-corrected chi connectivity index (χ1v) is 14.8. The summed E-state index contributed by atoms with van der Waals surface area (Å²) in [6.07, 6.45) is 3.45. The minimum atomic E-state index is -0.302. The van der Waals surface area contributed by atoms with Gasteiger partial charge in [-0.3, -0.25) is 14.4 Å². The van der Waals surface area contributed by atoms with E-state index < -0.39 is 0 Å². The zero-order valence-corrected chi connectivity index (χ0v) is 25.7. The fourth-order valence-electron chi connectivity index (χ4n) is 5.33. The van der Waals surface area contributed by atoms with Crippen LogP contribution in [0.4, 0.5) is 28.7 Å². The lowest BCUT2D eigenvalue weighted by Crippen LogP contribution is -2.44. The highest BCUT2D eigenvalue weighted by atomic mass is 16.7. The topological polar surface area (TPSA) is 124 Å². The number of benzene rings is 2. The van der Waals surface area contributed by atoms with Gasteiger partial charge in [0.15, 0.2) is 5.82 Å². The number of amides is 2. The molecule has 2 fully saturated rings. The number of anilines is 5. The predicted octanol–water partition coefficient (Wildman–Crippen LogP) is 4.13. The summed E-state index contributed by atoms with van der Waals surface area (Å²) in [6, 6.07) is 13.1. The highest BCUT2D eigenvalue weighted by Gasteiger charge is 2.30. The van der Waals surface area contributed by atoms with Crippen molar-refractivity contribution in [1.82, 2.24) is 20.2 Å². The van der Waals surface area contributed by atoms with E-state index in [1.165, 1.54) is 12.4 Å². The van der Waals surface area contributed by atoms with Gasteiger partial charge in [-0.1, -0.05) is 18.7 Å². The van der Waals surface area contributed by atoms with E-state index in [2.05, 4.69) is 49.3 Å². The maximum absolute atomic E-state index is 12.6. The molecule has 2 aliphatic rings. The highest BCUT2D eigenvalue weighted by molar-refractivity contribution is 6.02. The zero-order chi connectivity index (χ0) is 31.2. The molecule has 0 radical (unpaired) electrons. The number of nitrogens with zero attached hydrogens (tertiary/aromatic N) is 5. The molecule has 0 spiro atoms. The molecule has 0 aliphatic carbocycles. The quantitative estimate of drug-likeness (QED) is 0.293. The van der Waals surface area contributed by atoms with Gasteiger partial charge in [0.2, 0.25) is 5.91 Å². The molecule has 1 atom stereocenters. The largest absolute Gasteiger partial charge is 0.494 e. The van der Waals surface area contributed by atoms with Crippen LogP contribution in [0, 0.1) is 0 Å². The lowest BCUT2D eigenvalue weighted by atomic mass is 10.0. The van der Waals surface area contributed by atoms with Crippen molar-refractivity contribution in [2.75, 3.05) is 67.5 Å². The molecule has 2 aliphatic heterocycles. The lowest BCUT2D eigenvalue weighted by Gasteiger charge is -2.35. The molecule has 44 heavy (non-hydrogen) atoms. The van der Waals surface area contributed by atoms with Gasteiger partial charge in [0.25, 0.3) is 5.91 Å². The Morgan fingerprint density at radius 2 is 1.89 bits per heavy atom. The summed E-state index contributed by atoms with van der Waals surface area (Å²) in [5, 5.41) is 11.0. The molecule has 3 N–H and O–H groups in total. The van der Waals surface area contributed by atoms with E-state index in [0.717, 1.165) is 43.9 Å². The first kappa shape index (κ1) is 30.8. The molecule has 0 bridgehead atoms. The smallest absolute Gasteiger partial charge is 0.251 e. The number of carbonyl (C=O) groups excluding carboxylic acids is 2. The average molecular weight is 601 g/mol. The van der Waals surface area contributed by atoms with Gasteiger partial charge in [-0.05, 0) is 50.7 Å². The van der Waals surface area contributed by atoms with Crippen LogP contribution in [0.1, 0.15) is 42.2 Å². The van der Waals surface area contributed by atoms with E-state index >= 15 is 0 Å². The number of hydroxylamine groups is 1. The van der Waals surface area contributed by atoms with Gasteiger partial charge in [-0.2, -0.15) is 0 Å². The number of ether oxygens (including phenoxy) is 1. The molecular weight excluding hydrogens is 560 g/mol. The molecule has 3 aromatic rings. The van der Waals surface area contributed by atoms with Crippen LogP contribution in [0.3, 0.4) is 0 Å². The first-order valence-electron chi connectivity index (χ1n) is 14.8. The SMILES string of the molecule is C=CC(=O)Nc1cc(Nc2cc(N3OCC[C@@H]3c3cccc(C(=O)NC(C)C)c3)ncn2)c(OC)cc1N1CCN(C)CC1. The van der Waals surface area contributed by atoms with Crippen LogP contribution in [-0.2, 0) is 9.63 Å². The monoisotopic (exact) mass is 600 g/mol. The molecular formula is C32H40N8O4. The Balaban J connectivity index is 1.41. The van der Waals surface area contributed by atoms with Crippen molar-refractivity contribution < 1.29 is 19.2 Å². The van der Waals surface area contributed by atoms with Crippen molar-refractivity contribution >= 4 is 40.5 Å². The molecule has 2 aromatic carbocycles. The molecule has 12 nitrogen and oxygen atoms in total. The number of piperazine rings is 1. The molecule has 0 saturated carbocycles. The third-order valence-electron chi connectivity index (χ3n) is 7.60. The summed E-state index contributed by atoms with van der Waals surface area (Å²) in [5.74, 6) is 1.26. The van der Waals surface area contributed by atoms with Gasteiger partial charge < -0.3 is 30.5 Å². The van der Waals surface area contributed by atoms with Crippen LogP contribution >= 0.6 is 0 Å². The van der Waals surface area contributed by atoms with Crippen LogP contribution in [0.5, 0.6) is 5.75 Å².